The highest BCUT2D eigenvalue weighted by molar-refractivity contribution is 6.32. The summed E-state index contributed by atoms with van der Waals surface area (Å²) in [5.74, 6) is -1.82. The van der Waals surface area contributed by atoms with Crippen molar-refractivity contribution >= 4 is 29.2 Å². The molecule has 2 rings (SSSR count). The molecule has 0 spiro atoms. The number of hydrogen-bond acceptors (Lipinski definition) is 3. The van der Waals surface area contributed by atoms with Gasteiger partial charge < -0.3 is 20.5 Å². The normalized spacial score (nSPS) is 10.3. The van der Waals surface area contributed by atoms with Crippen molar-refractivity contribution in [3.05, 3.63) is 46.2 Å². The number of rotatable bonds is 3. The number of phenols is 1. The number of aromatic amines is 1. The number of halogens is 1. The molecule has 0 aliphatic heterocycles. The molecular formula is C13H11ClN2O4. The van der Waals surface area contributed by atoms with E-state index in [0.29, 0.717) is 5.69 Å². The van der Waals surface area contributed by atoms with Crippen LogP contribution in [0.2, 0.25) is 5.02 Å². The van der Waals surface area contributed by atoms with Crippen LogP contribution in [-0.2, 0) is 0 Å². The molecule has 1 aromatic heterocycles. The zero-order valence-electron chi connectivity index (χ0n) is 10.4. The van der Waals surface area contributed by atoms with E-state index in [-0.39, 0.29) is 27.7 Å². The summed E-state index contributed by atoms with van der Waals surface area (Å²) >= 11 is 5.72. The van der Waals surface area contributed by atoms with Crippen molar-refractivity contribution in [2.45, 2.75) is 6.92 Å². The molecule has 0 radical (unpaired) electrons. The minimum Gasteiger partial charge on any atom is -0.506 e. The lowest BCUT2D eigenvalue weighted by Gasteiger charge is -2.05. The molecule has 7 heteroatoms. The van der Waals surface area contributed by atoms with Gasteiger partial charge in [0, 0.05) is 11.3 Å². The van der Waals surface area contributed by atoms with Gasteiger partial charge in [0.1, 0.15) is 11.4 Å². The van der Waals surface area contributed by atoms with E-state index in [1.54, 1.807) is 6.92 Å². The number of H-pyrrole nitrogens is 1. The average Bonchev–Trinajstić information content (AvgIpc) is 2.73. The van der Waals surface area contributed by atoms with Crippen molar-refractivity contribution in [1.82, 2.24) is 4.98 Å². The van der Waals surface area contributed by atoms with Crippen LogP contribution in [0.1, 0.15) is 26.5 Å². The highest BCUT2D eigenvalue weighted by atomic mass is 35.5. The fourth-order valence-electron chi connectivity index (χ4n) is 1.70. The lowest BCUT2D eigenvalue weighted by atomic mass is 10.2. The van der Waals surface area contributed by atoms with Crippen molar-refractivity contribution in [2.24, 2.45) is 0 Å². The molecule has 0 saturated heterocycles. The Morgan fingerprint density at radius 3 is 2.60 bits per heavy atom. The number of carbonyl (C=O) groups excluding carboxylic acids is 1. The molecule has 0 fully saturated rings. The maximum Gasteiger partial charge on any atom is 0.354 e. The molecule has 2 aromatic rings. The molecule has 6 nitrogen and oxygen atoms in total. The molecule has 104 valence electrons. The second-order valence-corrected chi connectivity index (χ2v) is 4.57. The van der Waals surface area contributed by atoms with E-state index >= 15 is 0 Å². The van der Waals surface area contributed by atoms with Crippen LogP contribution in [0.15, 0.2) is 24.3 Å². The van der Waals surface area contributed by atoms with Crippen LogP contribution in [0.25, 0.3) is 0 Å². The number of hydrogen-bond donors (Lipinski definition) is 4. The summed E-state index contributed by atoms with van der Waals surface area (Å²) in [4.78, 5) is 25.7. The maximum atomic E-state index is 12.0. The molecule has 20 heavy (non-hydrogen) atoms. The number of carbonyl (C=O) groups is 2. The van der Waals surface area contributed by atoms with E-state index < -0.39 is 11.9 Å². The third-order valence-corrected chi connectivity index (χ3v) is 2.93. The van der Waals surface area contributed by atoms with E-state index in [1.807, 2.05) is 0 Å². The molecule has 0 aliphatic rings. The number of amides is 1. The SMILES string of the molecule is Cc1cc(NC(=O)c2ccc(O)c(Cl)c2)c(C(=O)O)[nH]1. The number of nitrogens with one attached hydrogen (secondary N) is 2. The van der Waals surface area contributed by atoms with E-state index in [9.17, 15) is 14.7 Å². The van der Waals surface area contributed by atoms with Crippen LogP contribution in [-0.4, -0.2) is 27.1 Å². The Balaban J connectivity index is 2.27. The van der Waals surface area contributed by atoms with Gasteiger partial charge in [-0.25, -0.2) is 4.79 Å². The highest BCUT2D eigenvalue weighted by Crippen LogP contribution is 2.24. The Morgan fingerprint density at radius 2 is 2.00 bits per heavy atom. The standard InChI is InChI=1S/C13H11ClN2O4/c1-6-4-9(11(15-6)13(19)20)16-12(18)7-2-3-10(17)8(14)5-7/h2-5,15,17H,1H3,(H,16,18)(H,19,20). The summed E-state index contributed by atoms with van der Waals surface area (Å²) in [6.07, 6.45) is 0. The van der Waals surface area contributed by atoms with Gasteiger partial charge in [-0.05, 0) is 31.2 Å². The van der Waals surface area contributed by atoms with Crippen molar-refractivity contribution in [2.75, 3.05) is 5.32 Å². The van der Waals surface area contributed by atoms with Crippen LogP contribution in [0.5, 0.6) is 5.75 Å². The molecule has 1 heterocycles. The zero-order valence-corrected chi connectivity index (χ0v) is 11.2. The van der Waals surface area contributed by atoms with Gasteiger partial charge in [0.15, 0.2) is 0 Å². The number of aromatic hydroxyl groups is 1. The monoisotopic (exact) mass is 294 g/mol. The lowest BCUT2D eigenvalue weighted by molar-refractivity contribution is 0.0692. The quantitative estimate of drug-likeness (QED) is 0.698. The number of aromatic nitrogens is 1. The summed E-state index contributed by atoms with van der Waals surface area (Å²) < 4.78 is 0. The fourth-order valence-corrected chi connectivity index (χ4v) is 1.88. The molecule has 1 aromatic carbocycles. The Morgan fingerprint density at radius 1 is 1.30 bits per heavy atom. The van der Waals surface area contributed by atoms with Crippen LogP contribution in [0.3, 0.4) is 0 Å². The van der Waals surface area contributed by atoms with Crippen LogP contribution < -0.4 is 5.32 Å². The van der Waals surface area contributed by atoms with Gasteiger partial charge in [-0.2, -0.15) is 0 Å². The van der Waals surface area contributed by atoms with Gasteiger partial charge in [-0.3, -0.25) is 4.79 Å². The third-order valence-electron chi connectivity index (χ3n) is 2.62. The molecule has 4 N–H and O–H groups in total. The first-order valence-corrected chi connectivity index (χ1v) is 5.99. The molecule has 0 unspecified atom stereocenters. The van der Waals surface area contributed by atoms with E-state index in [2.05, 4.69) is 10.3 Å². The number of aromatic carboxylic acids is 1. The Hall–Kier alpha value is -2.47. The van der Waals surface area contributed by atoms with Crippen molar-refractivity contribution in [3.63, 3.8) is 0 Å². The van der Waals surface area contributed by atoms with Gasteiger partial charge >= 0.3 is 5.97 Å². The number of aryl methyl sites for hydroxylation is 1. The summed E-state index contributed by atoms with van der Waals surface area (Å²) in [5.41, 5.74) is 0.898. The Bertz CT molecular complexity index is 694. The van der Waals surface area contributed by atoms with Gasteiger partial charge in [0.05, 0.1) is 10.7 Å². The number of carboxylic acid groups (broad SMARTS) is 1. The average molecular weight is 295 g/mol. The topological polar surface area (TPSA) is 102 Å². The molecule has 0 bridgehead atoms. The predicted octanol–water partition coefficient (Wildman–Crippen LogP) is 2.63. The Kier molecular flexibility index (Phi) is 3.67. The molecular weight excluding hydrogens is 284 g/mol. The number of anilines is 1. The van der Waals surface area contributed by atoms with Gasteiger partial charge in [0.2, 0.25) is 0 Å². The highest BCUT2D eigenvalue weighted by Gasteiger charge is 2.16. The second kappa shape index (κ2) is 5.26. The molecule has 1 amide bonds. The van der Waals surface area contributed by atoms with Gasteiger partial charge in [-0.1, -0.05) is 11.6 Å². The summed E-state index contributed by atoms with van der Waals surface area (Å²) in [7, 11) is 0. The van der Waals surface area contributed by atoms with Crippen LogP contribution in [0.4, 0.5) is 5.69 Å². The van der Waals surface area contributed by atoms with E-state index in [4.69, 9.17) is 16.7 Å². The first-order chi connectivity index (χ1) is 9.38. The van der Waals surface area contributed by atoms with Crippen LogP contribution >= 0.6 is 11.6 Å². The number of benzene rings is 1. The predicted molar refractivity (Wildman–Crippen MR) is 73.6 cm³/mol. The first kappa shape index (κ1) is 14.0. The number of carboxylic acids is 1. The van der Waals surface area contributed by atoms with Gasteiger partial charge in [-0.15, -0.1) is 0 Å². The second-order valence-electron chi connectivity index (χ2n) is 4.17. The largest absolute Gasteiger partial charge is 0.506 e. The minimum absolute atomic E-state index is 0.0429. The number of phenolic OH excluding ortho intramolecular Hbond substituents is 1. The third kappa shape index (κ3) is 2.75. The molecule has 0 atom stereocenters. The van der Waals surface area contributed by atoms with E-state index in [1.165, 1.54) is 24.3 Å². The zero-order chi connectivity index (χ0) is 14.9. The van der Waals surface area contributed by atoms with Gasteiger partial charge in [0.25, 0.3) is 5.91 Å². The summed E-state index contributed by atoms with van der Waals surface area (Å²) in [6.45, 7) is 1.68. The maximum absolute atomic E-state index is 12.0. The first-order valence-electron chi connectivity index (χ1n) is 5.61. The lowest BCUT2D eigenvalue weighted by Crippen LogP contribution is -2.14. The smallest absolute Gasteiger partial charge is 0.354 e. The summed E-state index contributed by atoms with van der Waals surface area (Å²) in [6, 6.07) is 5.49. The Labute approximate surface area is 119 Å². The minimum atomic E-state index is -1.17. The van der Waals surface area contributed by atoms with Crippen LogP contribution in [0, 0.1) is 6.92 Å². The summed E-state index contributed by atoms with van der Waals surface area (Å²) in [5, 5.41) is 20.8. The van der Waals surface area contributed by atoms with Crippen molar-refractivity contribution in [1.29, 1.82) is 0 Å². The van der Waals surface area contributed by atoms with E-state index in [0.717, 1.165) is 0 Å². The molecule has 0 saturated carbocycles. The fraction of sp³-hybridized carbons (Fsp3) is 0.0769. The van der Waals surface area contributed by atoms with Crippen molar-refractivity contribution in [3.8, 4) is 5.75 Å². The van der Waals surface area contributed by atoms with Crippen molar-refractivity contribution < 1.29 is 19.8 Å². The molecule has 0 aliphatic carbocycles.